The van der Waals surface area contributed by atoms with Crippen LogP contribution in [-0.2, 0) is 9.53 Å². The van der Waals surface area contributed by atoms with Crippen LogP contribution in [0, 0.1) is 0 Å². The number of fused-ring (bicyclic) bond motifs is 1. The van der Waals surface area contributed by atoms with E-state index in [1.807, 2.05) is 0 Å². The van der Waals surface area contributed by atoms with E-state index in [9.17, 15) is 22.8 Å². The number of anilines is 1. The second kappa shape index (κ2) is 8.48. The van der Waals surface area contributed by atoms with Crippen molar-refractivity contribution in [3.8, 4) is 0 Å². The lowest BCUT2D eigenvalue weighted by Gasteiger charge is -2.36. The van der Waals surface area contributed by atoms with Gasteiger partial charge in [0.25, 0.3) is 5.91 Å². The molecule has 1 amide bonds. The van der Waals surface area contributed by atoms with Crippen LogP contribution in [0.2, 0.25) is 0 Å². The Morgan fingerprint density at radius 2 is 1.88 bits per heavy atom. The monoisotopic (exact) mass is 450 g/mol. The summed E-state index contributed by atoms with van der Waals surface area (Å²) in [6, 6.07) is 6.24. The van der Waals surface area contributed by atoms with Crippen molar-refractivity contribution >= 4 is 17.7 Å². The molecule has 4 rings (SSSR count). The summed E-state index contributed by atoms with van der Waals surface area (Å²) < 4.78 is 47.3. The number of carbonyl (C=O) groups excluding carboxylic acids is 2. The van der Waals surface area contributed by atoms with E-state index in [0.29, 0.717) is 18.4 Å². The number of hydrogen-bond donors (Lipinski definition) is 2. The summed E-state index contributed by atoms with van der Waals surface area (Å²) in [7, 11) is 1.26. The van der Waals surface area contributed by atoms with Crippen LogP contribution in [0.5, 0.6) is 0 Å². The molecule has 172 valence electrons. The molecular formula is C22H25F3N4O3. The molecule has 2 aromatic rings. The SMILES string of the molecule is COC(=O)C1(NC(=O)c2cnn3c2NC(c2ccccc2)CC3C(F)(F)F)CCCCC1. The number of halogens is 3. The minimum Gasteiger partial charge on any atom is -0.467 e. The van der Waals surface area contributed by atoms with Gasteiger partial charge >= 0.3 is 12.1 Å². The summed E-state index contributed by atoms with van der Waals surface area (Å²) in [5.74, 6) is -1.21. The van der Waals surface area contributed by atoms with E-state index in [-0.39, 0.29) is 17.8 Å². The molecule has 32 heavy (non-hydrogen) atoms. The number of carbonyl (C=O) groups is 2. The third-order valence-corrected chi connectivity index (χ3v) is 6.32. The first kappa shape index (κ1) is 22.2. The Morgan fingerprint density at radius 1 is 1.19 bits per heavy atom. The molecule has 10 heteroatoms. The summed E-state index contributed by atoms with van der Waals surface area (Å²) in [6.07, 6.45) is -0.420. The molecule has 2 aliphatic rings. The molecule has 1 aromatic carbocycles. The van der Waals surface area contributed by atoms with E-state index in [0.717, 1.165) is 30.1 Å². The van der Waals surface area contributed by atoms with Gasteiger partial charge in [0.05, 0.1) is 19.3 Å². The summed E-state index contributed by atoms with van der Waals surface area (Å²) in [4.78, 5) is 25.7. The lowest BCUT2D eigenvalue weighted by Crippen LogP contribution is -2.56. The quantitative estimate of drug-likeness (QED) is 0.684. The fourth-order valence-electron chi connectivity index (χ4n) is 4.65. The first-order valence-electron chi connectivity index (χ1n) is 10.6. The predicted octanol–water partition coefficient (Wildman–Crippen LogP) is 4.15. The lowest BCUT2D eigenvalue weighted by atomic mass is 9.81. The molecule has 1 aliphatic heterocycles. The number of ether oxygens (including phenoxy) is 1. The van der Waals surface area contributed by atoms with Crippen molar-refractivity contribution in [3.05, 3.63) is 47.7 Å². The largest absolute Gasteiger partial charge is 0.467 e. The van der Waals surface area contributed by atoms with Crippen molar-refractivity contribution < 1.29 is 27.5 Å². The van der Waals surface area contributed by atoms with Gasteiger partial charge in [0.15, 0.2) is 6.04 Å². The van der Waals surface area contributed by atoms with Crippen molar-refractivity contribution in [2.75, 3.05) is 12.4 Å². The smallest absolute Gasteiger partial charge is 0.410 e. The third kappa shape index (κ3) is 4.05. The maximum atomic E-state index is 13.9. The molecule has 0 spiro atoms. The normalized spacial score (nSPS) is 22.4. The fraction of sp³-hybridized carbons (Fsp3) is 0.500. The number of esters is 1. The highest BCUT2D eigenvalue weighted by molar-refractivity contribution is 6.01. The average molecular weight is 450 g/mol. The maximum Gasteiger partial charge on any atom is 0.410 e. The minimum atomic E-state index is -4.54. The highest BCUT2D eigenvalue weighted by Gasteiger charge is 2.48. The van der Waals surface area contributed by atoms with Crippen LogP contribution in [0.25, 0.3) is 0 Å². The van der Waals surface area contributed by atoms with Crippen LogP contribution < -0.4 is 10.6 Å². The minimum absolute atomic E-state index is 0.0132. The number of rotatable bonds is 4. The number of amides is 1. The Hall–Kier alpha value is -3.04. The Balaban J connectivity index is 1.68. The van der Waals surface area contributed by atoms with Gasteiger partial charge in [-0.05, 0) is 18.4 Å². The zero-order chi connectivity index (χ0) is 22.9. The number of nitrogens with one attached hydrogen (secondary N) is 2. The van der Waals surface area contributed by atoms with Crippen molar-refractivity contribution in [1.82, 2.24) is 15.1 Å². The Morgan fingerprint density at radius 3 is 2.50 bits per heavy atom. The number of methoxy groups -OCH3 is 1. The summed E-state index contributed by atoms with van der Waals surface area (Å²) in [6.45, 7) is 0. The number of benzene rings is 1. The first-order chi connectivity index (χ1) is 15.2. The molecule has 0 radical (unpaired) electrons. The van der Waals surface area contributed by atoms with Gasteiger partial charge in [-0.15, -0.1) is 0 Å². The van der Waals surface area contributed by atoms with Gasteiger partial charge in [-0.3, -0.25) is 4.79 Å². The number of nitrogens with zero attached hydrogens (tertiary/aromatic N) is 2. The maximum absolute atomic E-state index is 13.9. The molecular weight excluding hydrogens is 425 g/mol. The van der Waals surface area contributed by atoms with Crippen molar-refractivity contribution in [1.29, 1.82) is 0 Å². The van der Waals surface area contributed by atoms with Gasteiger partial charge in [0.1, 0.15) is 16.9 Å². The van der Waals surface area contributed by atoms with Gasteiger partial charge in [-0.25, -0.2) is 9.48 Å². The molecule has 0 bridgehead atoms. The summed E-state index contributed by atoms with van der Waals surface area (Å²) >= 11 is 0. The first-order valence-corrected chi connectivity index (χ1v) is 10.6. The molecule has 1 saturated carbocycles. The predicted molar refractivity (Wildman–Crippen MR) is 110 cm³/mol. The summed E-state index contributed by atoms with van der Waals surface area (Å²) in [5, 5.41) is 9.71. The van der Waals surface area contributed by atoms with Crippen molar-refractivity contribution in [2.45, 2.75) is 62.3 Å². The van der Waals surface area contributed by atoms with Crippen LogP contribution in [-0.4, -0.2) is 40.5 Å². The zero-order valence-electron chi connectivity index (χ0n) is 17.6. The van der Waals surface area contributed by atoms with E-state index in [1.54, 1.807) is 30.3 Å². The van der Waals surface area contributed by atoms with Gasteiger partial charge < -0.3 is 15.4 Å². The van der Waals surface area contributed by atoms with E-state index in [1.165, 1.54) is 7.11 Å². The van der Waals surface area contributed by atoms with Gasteiger partial charge in [0, 0.05) is 6.42 Å². The van der Waals surface area contributed by atoms with Gasteiger partial charge in [-0.2, -0.15) is 18.3 Å². The number of aromatic nitrogens is 2. The van der Waals surface area contributed by atoms with Gasteiger partial charge in [0.2, 0.25) is 0 Å². The van der Waals surface area contributed by atoms with Crippen LogP contribution >= 0.6 is 0 Å². The number of hydrogen-bond acceptors (Lipinski definition) is 5. The molecule has 0 saturated heterocycles. The lowest BCUT2D eigenvalue weighted by molar-refractivity contribution is -0.173. The van der Waals surface area contributed by atoms with Crippen molar-refractivity contribution in [3.63, 3.8) is 0 Å². The standard InChI is InChI=1S/C22H25F3N4O3/c1-32-20(31)21(10-6-3-7-11-21)28-19(30)15-13-26-29-17(22(23,24)25)12-16(27-18(15)29)14-8-4-2-5-9-14/h2,4-5,8-9,13,16-17,27H,3,6-7,10-12H2,1H3,(H,28,30). The summed E-state index contributed by atoms with van der Waals surface area (Å²) in [5.41, 5.74) is -0.539. The Bertz CT molecular complexity index is 984. The molecule has 2 N–H and O–H groups in total. The average Bonchev–Trinajstić information content (AvgIpc) is 3.22. The highest BCUT2D eigenvalue weighted by Crippen LogP contribution is 2.44. The second-order valence-electron chi connectivity index (χ2n) is 8.34. The van der Waals surface area contributed by atoms with E-state index >= 15 is 0 Å². The zero-order valence-corrected chi connectivity index (χ0v) is 17.6. The van der Waals surface area contributed by atoms with E-state index < -0.39 is 35.7 Å². The topological polar surface area (TPSA) is 85.2 Å². The molecule has 2 atom stereocenters. The molecule has 2 unspecified atom stereocenters. The Labute approximate surface area is 183 Å². The Kier molecular flexibility index (Phi) is 5.87. The van der Waals surface area contributed by atoms with Crippen molar-refractivity contribution in [2.24, 2.45) is 0 Å². The number of alkyl halides is 3. The molecule has 7 nitrogen and oxygen atoms in total. The van der Waals surface area contributed by atoms with E-state index in [2.05, 4.69) is 15.7 Å². The third-order valence-electron chi connectivity index (χ3n) is 6.32. The highest BCUT2D eigenvalue weighted by atomic mass is 19.4. The van der Waals surface area contributed by atoms with Crippen LogP contribution in [0.3, 0.4) is 0 Å². The van der Waals surface area contributed by atoms with Crippen LogP contribution in [0.1, 0.15) is 66.5 Å². The molecule has 2 heterocycles. The van der Waals surface area contributed by atoms with Crippen LogP contribution in [0.4, 0.5) is 19.0 Å². The molecule has 1 aliphatic carbocycles. The second-order valence-corrected chi connectivity index (χ2v) is 8.34. The molecule has 1 aromatic heterocycles. The fourth-order valence-corrected chi connectivity index (χ4v) is 4.65. The van der Waals surface area contributed by atoms with Gasteiger partial charge in [-0.1, -0.05) is 49.6 Å². The molecule has 1 fully saturated rings. The van der Waals surface area contributed by atoms with E-state index in [4.69, 9.17) is 4.74 Å². The van der Waals surface area contributed by atoms with Crippen LogP contribution in [0.15, 0.2) is 36.5 Å².